The third-order valence-corrected chi connectivity index (χ3v) is 4.09. The number of hydrogen-bond acceptors (Lipinski definition) is 4. The molecule has 1 aliphatic carbocycles. The van der Waals surface area contributed by atoms with Gasteiger partial charge in [0.05, 0.1) is 31.9 Å². The fourth-order valence-corrected chi connectivity index (χ4v) is 2.75. The molecule has 1 unspecified atom stereocenters. The lowest BCUT2D eigenvalue weighted by Crippen LogP contribution is -2.48. The van der Waals surface area contributed by atoms with Gasteiger partial charge in [0.15, 0.2) is 0 Å². The Labute approximate surface area is 156 Å². The number of carbonyl (C=O) groups excluding carboxylic acids is 2. The molecule has 0 saturated carbocycles. The van der Waals surface area contributed by atoms with E-state index in [1.54, 1.807) is 50.6 Å². The molecule has 3 rings (SSSR count). The Morgan fingerprint density at radius 2 is 2.04 bits per heavy atom. The van der Waals surface area contributed by atoms with E-state index in [-0.39, 0.29) is 12.5 Å². The number of rotatable bonds is 5. The van der Waals surface area contributed by atoms with Crippen molar-refractivity contribution >= 4 is 29.3 Å². The number of nitrogens with one attached hydrogen (secondary N) is 1. The van der Waals surface area contributed by atoms with Crippen LogP contribution in [0.5, 0.6) is 5.75 Å². The van der Waals surface area contributed by atoms with Gasteiger partial charge in [-0.2, -0.15) is 9.98 Å². The Balaban J connectivity index is 1.85. The lowest BCUT2D eigenvalue weighted by atomic mass is 9.95. The number of amides is 4. The zero-order valence-electron chi connectivity index (χ0n) is 15.1. The number of hydrogen-bond donors (Lipinski definition) is 1. The van der Waals surface area contributed by atoms with Crippen molar-refractivity contribution in [2.45, 2.75) is 0 Å². The predicted molar refractivity (Wildman–Crippen MR) is 103 cm³/mol. The number of benzene rings is 1. The van der Waals surface area contributed by atoms with Crippen molar-refractivity contribution in [2.24, 2.45) is 15.9 Å². The zero-order valence-corrected chi connectivity index (χ0v) is 15.1. The molecule has 0 bridgehead atoms. The van der Waals surface area contributed by atoms with E-state index in [0.717, 1.165) is 0 Å². The first kappa shape index (κ1) is 18.5. The molecule has 0 fully saturated rings. The summed E-state index contributed by atoms with van der Waals surface area (Å²) in [6.07, 6.45) is 7.23. The molecule has 0 aromatic heterocycles. The fraction of sp³-hybridized carbons (Fsp3) is 0.263. The maximum absolute atomic E-state index is 12.5. The summed E-state index contributed by atoms with van der Waals surface area (Å²) in [6, 6.07) is 5.85. The highest BCUT2D eigenvalue weighted by atomic mass is 16.5. The first-order valence-electron chi connectivity index (χ1n) is 8.40. The Hall–Kier alpha value is -3.26. The van der Waals surface area contributed by atoms with Gasteiger partial charge >= 0.3 is 12.1 Å². The van der Waals surface area contributed by atoms with Crippen molar-refractivity contribution in [3.05, 3.63) is 48.6 Å². The number of methoxy groups -OCH3 is 2. The summed E-state index contributed by atoms with van der Waals surface area (Å²) in [5, 5.41) is 2.69. The van der Waals surface area contributed by atoms with Gasteiger partial charge in [-0.1, -0.05) is 18.2 Å². The highest BCUT2D eigenvalue weighted by Crippen LogP contribution is 2.21. The summed E-state index contributed by atoms with van der Waals surface area (Å²) in [4.78, 5) is 34.4. The number of allylic oxidation sites excluding steroid dienone is 3. The van der Waals surface area contributed by atoms with Gasteiger partial charge in [-0.25, -0.2) is 9.59 Å². The SMILES string of the molecule is COCCN1C(=O)N=C2C=CC=CC2/C1=N/C(=O)Nc1ccc(OC)cc1. The molecule has 2 aliphatic rings. The molecular formula is C19H20N4O4. The van der Waals surface area contributed by atoms with E-state index in [1.807, 2.05) is 12.2 Å². The highest BCUT2D eigenvalue weighted by Gasteiger charge is 2.34. The minimum atomic E-state index is -0.574. The second kappa shape index (κ2) is 8.41. The Morgan fingerprint density at radius 1 is 1.26 bits per heavy atom. The van der Waals surface area contributed by atoms with Crippen LogP contribution in [0.2, 0.25) is 0 Å². The molecule has 27 heavy (non-hydrogen) atoms. The van der Waals surface area contributed by atoms with Crippen molar-refractivity contribution in [3.63, 3.8) is 0 Å². The minimum absolute atomic E-state index is 0.259. The summed E-state index contributed by atoms with van der Waals surface area (Å²) in [7, 11) is 3.11. The maximum Gasteiger partial charge on any atom is 0.349 e. The number of anilines is 1. The molecule has 8 nitrogen and oxygen atoms in total. The molecule has 1 atom stereocenters. The quantitative estimate of drug-likeness (QED) is 0.865. The van der Waals surface area contributed by atoms with E-state index in [1.165, 1.54) is 4.90 Å². The molecule has 1 aliphatic heterocycles. The van der Waals surface area contributed by atoms with Crippen LogP contribution in [0.15, 0.2) is 58.6 Å². The summed E-state index contributed by atoms with van der Waals surface area (Å²) in [5.74, 6) is 0.655. The van der Waals surface area contributed by atoms with Crippen LogP contribution in [0.25, 0.3) is 0 Å². The van der Waals surface area contributed by atoms with Gasteiger partial charge in [0.1, 0.15) is 11.6 Å². The number of nitrogens with zero attached hydrogens (tertiary/aromatic N) is 3. The maximum atomic E-state index is 12.5. The first-order valence-corrected chi connectivity index (χ1v) is 8.40. The summed E-state index contributed by atoms with van der Waals surface area (Å²) >= 11 is 0. The number of ether oxygens (including phenoxy) is 2. The number of amidine groups is 1. The van der Waals surface area contributed by atoms with Crippen molar-refractivity contribution in [1.29, 1.82) is 0 Å². The molecule has 0 radical (unpaired) electrons. The second-order valence-corrected chi connectivity index (χ2v) is 5.81. The van der Waals surface area contributed by atoms with E-state index in [9.17, 15) is 9.59 Å². The van der Waals surface area contributed by atoms with Gasteiger partial charge in [-0.05, 0) is 30.3 Å². The van der Waals surface area contributed by atoms with E-state index in [0.29, 0.717) is 29.6 Å². The van der Waals surface area contributed by atoms with Gasteiger partial charge in [0.25, 0.3) is 0 Å². The summed E-state index contributed by atoms with van der Waals surface area (Å²) in [5.41, 5.74) is 1.14. The molecular weight excluding hydrogens is 348 g/mol. The second-order valence-electron chi connectivity index (χ2n) is 5.81. The van der Waals surface area contributed by atoms with E-state index in [2.05, 4.69) is 15.3 Å². The molecule has 4 amide bonds. The topological polar surface area (TPSA) is 92.6 Å². The van der Waals surface area contributed by atoms with Crippen LogP contribution in [-0.2, 0) is 4.74 Å². The van der Waals surface area contributed by atoms with Gasteiger partial charge in [0, 0.05) is 12.8 Å². The standard InChI is InChI=1S/C19H20N4O4/c1-26-12-11-23-17(15-5-3-4-6-16(15)21-19(23)25)22-18(24)20-13-7-9-14(27-2)10-8-13/h3-10,15H,11-12H2,1-2H3,(H,20,24)/b22-17-. The molecule has 0 spiro atoms. The molecule has 140 valence electrons. The van der Waals surface area contributed by atoms with Crippen LogP contribution in [0.1, 0.15) is 0 Å². The smallest absolute Gasteiger partial charge is 0.349 e. The Morgan fingerprint density at radius 3 is 2.74 bits per heavy atom. The Bertz CT molecular complexity index is 840. The molecule has 1 N–H and O–H groups in total. The molecule has 1 aromatic rings. The van der Waals surface area contributed by atoms with Gasteiger partial charge in [-0.15, -0.1) is 0 Å². The number of aliphatic imine (C=N–C) groups is 2. The third kappa shape index (κ3) is 4.29. The van der Waals surface area contributed by atoms with Crippen LogP contribution >= 0.6 is 0 Å². The lowest BCUT2D eigenvalue weighted by molar-refractivity contribution is 0.174. The van der Waals surface area contributed by atoms with Crippen LogP contribution in [-0.4, -0.2) is 55.9 Å². The van der Waals surface area contributed by atoms with Crippen LogP contribution in [0.3, 0.4) is 0 Å². The van der Waals surface area contributed by atoms with Gasteiger partial charge in [-0.3, -0.25) is 4.90 Å². The fourth-order valence-electron chi connectivity index (χ4n) is 2.75. The van der Waals surface area contributed by atoms with Crippen molar-refractivity contribution < 1.29 is 19.1 Å². The van der Waals surface area contributed by atoms with E-state index < -0.39 is 12.1 Å². The summed E-state index contributed by atoms with van der Waals surface area (Å²) < 4.78 is 10.2. The first-order chi connectivity index (χ1) is 13.1. The van der Waals surface area contributed by atoms with Gasteiger partial charge in [0.2, 0.25) is 0 Å². The monoisotopic (exact) mass is 368 g/mol. The Kier molecular flexibility index (Phi) is 5.77. The molecule has 8 heteroatoms. The molecule has 1 heterocycles. The summed E-state index contributed by atoms with van der Waals surface area (Å²) in [6.45, 7) is 0.566. The predicted octanol–water partition coefficient (Wildman–Crippen LogP) is 2.89. The van der Waals surface area contributed by atoms with E-state index >= 15 is 0 Å². The van der Waals surface area contributed by atoms with E-state index in [4.69, 9.17) is 9.47 Å². The van der Waals surface area contributed by atoms with Crippen LogP contribution in [0, 0.1) is 5.92 Å². The minimum Gasteiger partial charge on any atom is -0.497 e. The zero-order chi connectivity index (χ0) is 19.2. The normalized spacial score (nSPS) is 19.7. The molecule has 1 aromatic carbocycles. The molecule has 0 saturated heterocycles. The average Bonchev–Trinajstić information content (AvgIpc) is 2.68. The van der Waals surface area contributed by atoms with Crippen LogP contribution < -0.4 is 10.1 Å². The lowest BCUT2D eigenvalue weighted by Gasteiger charge is -2.31. The third-order valence-electron chi connectivity index (χ3n) is 4.09. The largest absolute Gasteiger partial charge is 0.497 e. The van der Waals surface area contributed by atoms with Crippen molar-refractivity contribution in [3.8, 4) is 5.75 Å². The number of urea groups is 2. The average molecular weight is 368 g/mol. The number of carbonyl (C=O) groups is 2. The van der Waals surface area contributed by atoms with Crippen LogP contribution in [0.4, 0.5) is 15.3 Å². The highest BCUT2D eigenvalue weighted by molar-refractivity contribution is 6.24. The van der Waals surface area contributed by atoms with Crippen molar-refractivity contribution in [1.82, 2.24) is 4.90 Å². The van der Waals surface area contributed by atoms with Gasteiger partial charge < -0.3 is 14.8 Å². The number of fused-ring (bicyclic) bond motifs is 1. The van der Waals surface area contributed by atoms with Crippen molar-refractivity contribution in [2.75, 3.05) is 32.7 Å².